The van der Waals surface area contributed by atoms with Crippen LogP contribution in [-0.4, -0.2) is 45.7 Å². The molecule has 1 amide bonds. The van der Waals surface area contributed by atoms with Gasteiger partial charge in [0.15, 0.2) is 11.0 Å². The Hall–Kier alpha value is -3.43. The van der Waals surface area contributed by atoms with Crippen LogP contribution in [0, 0.1) is 0 Å². The number of carbonyl (C=O) groups excluding carboxylic acids is 1. The second kappa shape index (κ2) is 12.5. The Kier molecular flexibility index (Phi) is 8.91. The normalized spacial score (nSPS) is 11.1. The Bertz CT molecular complexity index is 1300. The first kappa shape index (κ1) is 25.7. The average Bonchev–Trinajstić information content (AvgIpc) is 3.34. The standard InChI is InChI=1S/C27H27BrN6OS/c1-3-33(4-2)23-16-10-20(11-17-23)18-29-30-25(35)19-36-27-32-31-26(21-12-14-22(28)15-13-21)34(27)24-8-6-5-7-9-24/h5-18H,3-4,19H2,1-2H3,(H,30,35). The van der Waals surface area contributed by atoms with Crippen molar-refractivity contribution in [2.45, 2.75) is 19.0 Å². The van der Waals surface area contributed by atoms with Gasteiger partial charge in [-0.2, -0.15) is 5.10 Å². The molecule has 4 aromatic rings. The molecule has 0 aliphatic rings. The first-order valence-corrected chi connectivity index (χ1v) is 13.4. The minimum Gasteiger partial charge on any atom is -0.372 e. The van der Waals surface area contributed by atoms with Crippen LogP contribution in [0.2, 0.25) is 0 Å². The molecule has 0 saturated heterocycles. The van der Waals surface area contributed by atoms with Crippen LogP contribution >= 0.6 is 27.7 Å². The van der Waals surface area contributed by atoms with E-state index in [4.69, 9.17) is 0 Å². The lowest BCUT2D eigenvalue weighted by molar-refractivity contribution is -0.118. The van der Waals surface area contributed by atoms with Crippen LogP contribution in [-0.2, 0) is 4.79 Å². The van der Waals surface area contributed by atoms with Crippen molar-refractivity contribution in [3.63, 3.8) is 0 Å². The zero-order chi connectivity index (χ0) is 25.3. The van der Waals surface area contributed by atoms with Gasteiger partial charge in [-0.05, 0) is 55.8 Å². The highest BCUT2D eigenvalue weighted by molar-refractivity contribution is 9.10. The van der Waals surface area contributed by atoms with E-state index in [0.29, 0.717) is 11.0 Å². The van der Waals surface area contributed by atoms with Crippen molar-refractivity contribution in [3.8, 4) is 17.1 Å². The van der Waals surface area contributed by atoms with Crippen LogP contribution in [0.4, 0.5) is 5.69 Å². The van der Waals surface area contributed by atoms with Gasteiger partial charge in [-0.3, -0.25) is 9.36 Å². The third-order valence-electron chi connectivity index (χ3n) is 5.51. The molecular weight excluding hydrogens is 536 g/mol. The molecule has 1 heterocycles. The summed E-state index contributed by atoms with van der Waals surface area (Å²) in [5.41, 5.74) is 6.55. The van der Waals surface area contributed by atoms with Gasteiger partial charge in [0.25, 0.3) is 5.91 Å². The molecular formula is C27H27BrN6OS. The van der Waals surface area contributed by atoms with Gasteiger partial charge >= 0.3 is 0 Å². The molecule has 0 aliphatic carbocycles. The zero-order valence-corrected chi connectivity index (χ0v) is 22.5. The van der Waals surface area contributed by atoms with Gasteiger partial charge in [-0.1, -0.05) is 70.2 Å². The second-order valence-electron chi connectivity index (χ2n) is 7.83. The van der Waals surface area contributed by atoms with Crippen molar-refractivity contribution in [3.05, 3.63) is 88.9 Å². The number of amides is 1. The number of carbonyl (C=O) groups is 1. The van der Waals surface area contributed by atoms with Crippen molar-refractivity contribution in [2.24, 2.45) is 5.10 Å². The van der Waals surface area contributed by atoms with Gasteiger partial charge in [-0.25, -0.2) is 5.43 Å². The fraction of sp³-hybridized carbons (Fsp3) is 0.185. The van der Waals surface area contributed by atoms with Gasteiger partial charge in [0.05, 0.1) is 12.0 Å². The number of aromatic nitrogens is 3. The Balaban J connectivity index is 1.42. The highest BCUT2D eigenvalue weighted by Crippen LogP contribution is 2.28. The second-order valence-corrected chi connectivity index (χ2v) is 9.69. The number of hydrogen-bond acceptors (Lipinski definition) is 6. The quantitative estimate of drug-likeness (QED) is 0.150. The number of hydrogen-bond donors (Lipinski definition) is 1. The number of thioether (sulfide) groups is 1. The highest BCUT2D eigenvalue weighted by Gasteiger charge is 2.17. The fourth-order valence-corrected chi connectivity index (χ4v) is 4.67. The summed E-state index contributed by atoms with van der Waals surface area (Å²) in [5.74, 6) is 0.649. The first-order chi connectivity index (χ1) is 17.6. The minimum absolute atomic E-state index is 0.156. The summed E-state index contributed by atoms with van der Waals surface area (Å²) in [7, 11) is 0. The lowest BCUT2D eigenvalue weighted by Gasteiger charge is -2.20. The van der Waals surface area contributed by atoms with Crippen molar-refractivity contribution in [1.29, 1.82) is 0 Å². The average molecular weight is 564 g/mol. The van der Waals surface area contributed by atoms with E-state index in [9.17, 15) is 4.79 Å². The van der Waals surface area contributed by atoms with Gasteiger partial charge in [0.1, 0.15) is 0 Å². The smallest absolute Gasteiger partial charge is 0.250 e. The number of halogens is 1. The monoisotopic (exact) mass is 562 g/mol. The molecule has 0 bridgehead atoms. The fourth-order valence-electron chi connectivity index (χ4n) is 3.66. The maximum Gasteiger partial charge on any atom is 0.250 e. The van der Waals surface area contributed by atoms with Crippen LogP contribution in [0.1, 0.15) is 19.4 Å². The zero-order valence-electron chi connectivity index (χ0n) is 20.1. The number of benzene rings is 3. The van der Waals surface area contributed by atoms with E-state index in [1.807, 2.05) is 71.3 Å². The van der Waals surface area contributed by atoms with Crippen molar-refractivity contribution >= 4 is 45.5 Å². The molecule has 0 radical (unpaired) electrons. The molecule has 0 atom stereocenters. The number of hydrazone groups is 1. The van der Waals surface area contributed by atoms with E-state index in [1.165, 1.54) is 17.4 Å². The first-order valence-electron chi connectivity index (χ1n) is 11.7. The lowest BCUT2D eigenvalue weighted by Crippen LogP contribution is -2.21. The molecule has 3 aromatic carbocycles. The van der Waals surface area contributed by atoms with E-state index < -0.39 is 0 Å². The molecule has 0 saturated carbocycles. The summed E-state index contributed by atoms with van der Waals surface area (Å²) < 4.78 is 2.95. The number of nitrogens with one attached hydrogen (secondary N) is 1. The third kappa shape index (κ3) is 6.41. The summed E-state index contributed by atoms with van der Waals surface area (Å²) in [5, 5.41) is 13.5. The molecule has 9 heteroatoms. The van der Waals surface area contributed by atoms with Crippen LogP contribution in [0.5, 0.6) is 0 Å². The Morgan fingerprint density at radius 3 is 2.36 bits per heavy atom. The third-order valence-corrected chi connectivity index (χ3v) is 6.96. The molecule has 36 heavy (non-hydrogen) atoms. The summed E-state index contributed by atoms with van der Waals surface area (Å²) >= 11 is 4.79. The summed E-state index contributed by atoms with van der Waals surface area (Å²) in [6.45, 7) is 6.19. The predicted molar refractivity (Wildman–Crippen MR) is 151 cm³/mol. The molecule has 7 nitrogen and oxygen atoms in total. The largest absolute Gasteiger partial charge is 0.372 e. The number of para-hydroxylation sites is 1. The molecule has 1 aromatic heterocycles. The summed E-state index contributed by atoms with van der Waals surface area (Å²) in [4.78, 5) is 14.7. The highest BCUT2D eigenvalue weighted by atomic mass is 79.9. The summed E-state index contributed by atoms with van der Waals surface area (Å²) in [6, 6.07) is 25.9. The minimum atomic E-state index is -0.219. The number of anilines is 1. The van der Waals surface area contributed by atoms with Crippen molar-refractivity contribution in [2.75, 3.05) is 23.7 Å². The van der Waals surface area contributed by atoms with Crippen LogP contribution in [0.3, 0.4) is 0 Å². The number of nitrogens with zero attached hydrogens (tertiary/aromatic N) is 5. The molecule has 0 spiro atoms. The SMILES string of the molecule is CCN(CC)c1ccc(C=NNC(=O)CSc2nnc(-c3ccc(Br)cc3)n2-c2ccccc2)cc1. The van der Waals surface area contributed by atoms with Gasteiger partial charge < -0.3 is 4.90 Å². The van der Waals surface area contributed by atoms with E-state index in [-0.39, 0.29) is 11.7 Å². The van der Waals surface area contributed by atoms with Crippen LogP contribution < -0.4 is 10.3 Å². The molecule has 184 valence electrons. The topological polar surface area (TPSA) is 75.4 Å². The van der Waals surface area contributed by atoms with Crippen LogP contribution in [0.25, 0.3) is 17.1 Å². The van der Waals surface area contributed by atoms with Gasteiger partial charge in [0.2, 0.25) is 0 Å². The predicted octanol–water partition coefficient (Wildman–Crippen LogP) is 5.79. The van der Waals surface area contributed by atoms with E-state index >= 15 is 0 Å². The van der Waals surface area contributed by atoms with Crippen molar-refractivity contribution in [1.82, 2.24) is 20.2 Å². The maximum atomic E-state index is 12.5. The van der Waals surface area contributed by atoms with E-state index in [1.54, 1.807) is 6.21 Å². The summed E-state index contributed by atoms with van der Waals surface area (Å²) in [6.07, 6.45) is 1.65. The van der Waals surface area contributed by atoms with Crippen LogP contribution in [0.15, 0.2) is 93.6 Å². The molecule has 0 aliphatic heterocycles. The Morgan fingerprint density at radius 2 is 1.69 bits per heavy atom. The van der Waals surface area contributed by atoms with E-state index in [0.717, 1.165) is 34.4 Å². The van der Waals surface area contributed by atoms with Gasteiger partial charge in [-0.15, -0.1) is 10.2 Å². The lowest BCUT2D eigenvalue weighted by atomic mass is 10.2. The number of rotatable bonds is 10. The molecule has 4 rings (SSSR count). The molecule has 0 unspecified atom stereocenters. The maximum absolute atomic E-state index is 12.5. The Labute approximate surface area is 223 Å². The molecule has 0 fully saturated rings. The van der Waals surface area contributed by atoms with Gasteiger partial charge in [0, 0.05) is 34.5 Å². The Morgan fingerprint density at radius 1 is 1.00 bits per heavy atom. The molecule has 1 N–H and O–H groups in total. The van der Waals surface area contributed by atoms with E-state index in [2.05, 4.69) is 67.5 Å². The van der Waals surface area contributed by atoms with Crippen molar-refractivity contribution < 1.29 is 4.79 Å².